The van der Waals surface area contributed by atoms with Crippen molar-refractivity contribution in [3.05, 3.63) is 35.9 Å². The second-order valence-electron chi connectivity index (χ2n) is 4.86. The van der Waals surface area contributed by atoms with Gasteiger partial charge in [-0.15, -0.1) is 0 Å². The summed E-state index contributed by atoms with van der Waals surface area (Å²) < 4.78 is 10.7. The molecule has 1 aliphatic rings. The fourth-order valence-electron chi connectivity index (χ4n) is 2.18. The number of nitrogens with one attached hydrogen (secondary N) is 2. The Morgan fingerprint density at radius 3 is 2.81 bits per heavy atom. The van der Waals surface area contributed by atoms with E-state index in [1.54, 1.807) is 7.05 Å². The zero-order chi connectivity index (χ0) is 15.1. The summed E-state index contributed by atoms with van der Waals surface area (Å²) in [5, 5.41) is 5.24. The van der Waals surface area contributed by atoms with Gasteiger partial charge in [0.1, 0.15) is 12.2 Å². The number of benzene rings is 1. The lowest BCUT2D eigenvalue weighted by molar-refractivity contribution is -0.139. The van der Waals surface area contributed by atoms with Crippen LogP contribution in [-0.4, -0.2) is 37.9 Å². The van der Waals surface area contributed by atoms with E-state index in [4.69, 9.17) is 9.47 Å². The molecule has 1 fully saturated rings. The Morgan fingerprint density at radius 1 is 1.33 bits per heavy atom. The number of rotatable bonds is 4. The maximum Gasteiger partial charge on any atom is 0.407 e. The Balaban J connectivity index is 1.76. The van der Waals surface area contributed by atoms with Crippen LogP contribution in [0.5, 0.6) is 0 Å². The Kier molecular flexibility index (Phi) is 5.57. The van der Waals surface area contributed by atoms with E-state index >= 15 is 0 Å². The average Bonchev–Trinajstić information content (AvgIpc) is 2.53. The predicted molar refractivity (Wildman–Crippen MR) is 76.6 cm³/mol. The third-order valence-electron chi connectivity index (χ3n) is 3.33. The molecule has 2 rings (SSSR count). The molecule has 0 saturated carbocycles. The SMILES string of the molecule is CNC(=O)C1CC(OC(=O)NCc2ccccc2)CCO1. The third kappa shape index (κ3) is 4.75. The van der Waals surface area contributed by atoms with E-state index in [-0.39, 0.29) is 12.0 Å². The molecule has 2 unspecified atom stereocenters. The average molecular weight is 292 g/mol. The van der Waals surface area contributed by atoms with Crippen molar-refractivity contribution in [1.29, 1.82) is 0 Å². The monoisotopic (exact) mass is 292 g/mol. The first kappa shape index (κ1) is 15.3. The molecule has 2 atom stereocenters. The van der Waals surface area contributed by atoms with Gasteiger partial charge in [0, 0.05) is 26.4 Å². The molecule has 1 saturated heterocycles. The zero-order valence-electron chi connectivity index (χ0n) is 12.0. The van der Waals surface area contributed by atoms with Crippen LogP contribution in [0.25, 0.3) is 0 Å². The van der Waals surface area contributed by atoms with Gasteiger partial charge in [0.15, 0.2) is 0 Å². The number of hydrogen-bond acceptors (Lipinski definition) is 4. The number of carbonyl (C=O) groups is 2. The molecule has 6 heteroatoms. The van der Waals surface area contributed by atoms with Crippen molar-refractivity contribution >= 4 is 12.0 Å². The van der Waals surface area contributed by atoms with Gasteiger partial charge < -0.3 is 20.1 Å². The lowest BCUT2D eigenvalue weighted by Crippen LogP contribution is -2.42. The molecule has 2 N–H and O–H groups in total. The first-order valence-corrected chi connectivity index (χ1v) is 7.00. The van der Waals surface area contributed by atoms with Gasteiger partial charge in [-0.25, -0.2) is 4.79 Å². The molecule has 0 spiro atoms. The highest BCUT2D eigenvalue weighted by Crippen LogP contribution is 2.17. The minimum Gasteiger partial charge on any atom is -0.446 e. The molecular formula is C15H20N2O4. The van der Waals surface area contributed by atoms with E-state index in [1.807, 2.05) is 30.3 Å². The second-order valence-corrected chi connectivity index (χ2v) is 4.86. The largest absolute Gasteiger partial charge is 0.446 e. The van der Waals surface area contributed by atoms with Crippen LogP contribution < -0.4 is 10.6 Å². The number of alkyl carbamates (subject to hydrolysis) is 1. The van der Waals surface area contributed by atoms with E-state index in [0.29, 0.717) is 26.0 Å². The van der Waals surface area contributed by atoms with Crippen LogP contribution in [0.2, 0.25) is 0 Å². The Bertz CT molecular complexity index is 478. The first-order chi connectivity index (χ1) is 10.2. The Hall–Kier alpha value is -2.08. The fourth-order valence-corrected chi connectivity index (χ4v) is 2.18. The first-order valence-electron chi connectivity index (χ1n) is 7.00. The topological polar surface area (TPSA) is 76.7 Å². The van der Waals surface area contributed by atoms with Crippen molar-refractivity contribution < 1.29 is 19.1 Å². The van der Waals surface area contributed by atoms with Crippen LogP contribution in [0.4, 0.5) is 4.79 Å². The summed E-state index contributed by atoms with van der Waals surface area (Å²) in [5.41, 5.74) is 1.00. The fraction of sp³-hybridized carbons (Fsp3) is 0.467. The molecule has 0 radical (unpaired) electrons. The molecule has 0 aromatic heterocycles. The van der Waals surface area contributed by atoms with Gasteiger partial charge in [-0.05, 0) is 5.56 Å². The maximum absolute atomic E-state index is 11.8. The number of amides is 2. The van der Waals surface area contributed by atoms with Crippen LogP contribution in [0.15, 0.2) is 30.3 Å². The minimum absolute atomic E-state index is 0.187. The van der Waals surface area contributed by atoms with Crippen molar-refractivity contribution in [3.63, 3.8) is 0 Å². The summed E-state index contributed by atoms with van der Waals surface area (Å²) in [4.78, 5) is 23.3. The van der Waals surface area contributed by atoms with Gasteiger partial charge in [0.05, 0.1) is 6.61 Å². The van der Waals surface area contributed by atoms with Gasteiger partial charge in [-0.1, -0.05) is 30.3 Å². The van der Waals surface area contributed by atoms with Crippen molar-refractivity contribution in [2.45, 2.75) is 31.6 Å². The highest BCUT2D eigenvalue weighted by atomic mass is 16.6. The Morgan fingerprint density at radius 2 is 2.10 bits per heavy atom. The van der Waals surface area contributed by atoms with E-state index in [2.05, 4.69) is 10.6 Å². The lowest BCUT2D eigenvalue weighted by atomic mass is 10.1. The second kappa shape index (κ2) is 7.64. The van der Waals surface area contributed by atoms with Crippen molar-refractivity contribution in [3.8, 4) is 0 Å². The molecule has 1 aromatic carbocycles. The van der Waals surface area contributed by atoms with Crippen LogP contribution >= 0.6 is 0 Å². The number of carbonyl (C=O) groups excluding carboxylic acids is 2. The van der Waals surface area contributed by atoms with Gasteiger partial charge in [0.2, 0.25) is 5.91 Å². The molecule has 0 aliphatic carbocycles. The summed E-state index contributed by atoms with van der Waals surface area (Å²) in [7, 11) is 1.56. The summed E-state index contributed by atoms with van der Waals surface area (Å²) >= 11 is 0. The molecule has 1 aliphatic heterocycles. The number of likely N-dealkylation sites (N-methyl/N-ethyl adjacent to an activating group) is 1. The quantitative estimate of drug-likeness (QED) is 0.874. The van der Waals surface area contributed by atoms with Crippen LogP contribution in [0.3, 0.4) is 0 Å². The number of hydrogen-bond donors (Lipinski definition) is 2. The molecule has 6 nitrogen and oxygen atoms in total. The van der Waals surface area contributed by atoms with E-state index < -0.39 is 12.2 Å². The maximum atomic E-state index is 11.8. The summed E-state index contributed by atoms with van der Waals surface area (Å²) in [6.07, 6.45) is -0.320. The predicted octanol–water partition coefficient (Wildman–Crippen LogP) is 1.21. The molecule has 2 amide bonds. The highest BCUT2D eigenvalue weighted by Gasteiger charge is 2.29. The van der Waals surface area contributed by atoms with Crippen molar-refractivity contribution in [1.82, 2.24) is 10.6 Å². The summed E-state index contributed by atoms with van der Waals surface area (Å²) in [5.74, 6) is -0.187. The van der Waals surface area contributed by atoms with Crippen LogP contribution in [0, 0.1) is 0 Å². The molecule has 114 valence electrons. The molecule has 21 heavy (non-hydrogen) atoms. The molecule has 1 aromatic rings. The molecule has 1 heterocycles. The van der Waals surface area contributed by atoms with Gasteiger partial charge in [-0.3, -0.25) is 4.79 Å². The Labute approximate surface area is 123 Å². The third-order valence-corrected chi connectivity index (χ3v) is 3.33. The van der Waals surface area contributed by atoms with Crippen LogP contribution in [-0.2, 0) is 20.8 Å². The van der Waals surface area contributed by atoms with Crippen molar-refractivity contribution in [2.75, 3.05) is 13.7 Å². The van der Waals surface area contributed by atoms with Gasteiger partial charge >= 0.3 is 6.09 Å². The van der Waals surface area contributed by atoms with Gasteiger partial charge in [0.25, 0.3) is 0 Å². The van der Waals surface area contributed by atoms with Gasteiger partial charge in [-0.2, -0.15) is 0 Å². The number of ether oxygens (including phenoxy) is 2. The minimum atomic E-state index is -0.546. The molecule has 0 bridgehead atoms. The van der Waals surface area contributed by atoms with E-state index in [0.717, 1.165) is 5.56 Å². The standard InChI is InChI=1S/C15H20N2O4/c1-16-14(18)13-9-12(7-8-20-13)21-15(19)17-10-11-5-3-2-4-6-11/h2-6,12-13H,7-10H2,1H3,(H,16,18)(H,17,19). The van der Waals surface area contributed by atoms with Crippen molar-refractivity contribution in [2.24, 2.45) is 0 Å². The zero-order valence-corrected chi connectivity index (χ0v) is 12.0. The normalized spacial score (nSPS) is 21.4. The van der Waals surface area contributed by atoms with Crippen LogP contribution in [0.1, 0.15) is 18.4 Å². The lowest BCUT2D eigenvalue weighted by Gasteiger charge is -2.28. The van der Waals surface area contributed by atoms with E-state index in [9.17, 15) is 9.59 Å². The van der Waals surface area contributed by atoms with E-state index in [1.165, 1.54) is 0 Å². The summed E-state index contributed by atoms with van der Waals surface area (Å²) in [6.45, 7) is 0.830. The molecular weight excluding hydrogens is 272 g/mol. The summed E-state index contributed by atoms with van der Waals surface area (Å²) in [6, 6.07) is 9.60. The highest BCUT2D eigenvalue weighted by molar-refractivity contribution is 5.80. The smallest absolute Gasteiger partial charge is 0.407 e.